The summed E-state index contributed by atoms with van der Waals surface area (Å²) in [5.41, 5.74) is 2.61. The fourth-order valence-electron chi connectivity index (χ4n) is 5.30. The van der Waals surface area contributed by atoms with Crippen LogP contribution in [0.15, 0.2) is 72.8 Å². The van der Waals surface area contributed by atoms with Crippen LogP contribution in [0.1, 0.15) is 41.4 Å². The minimum absolute atomic E-state index is 0.0776. The number of benzene rings is 3. The molecule has 1 N–H and O–H groups in total. The number of rotatable bonds is 2. The molecule has 1 heterocycles. The summed E-state index contributed by atoms with van der Waals surface area (Å²) in [6.45, 7) is 0. The van der Waals surface area contributed by atoms with Crippen LogP contribution >= 0.6 is 23.2 Å². The molecule has 150 valence electrons. The molecule has 1 spiro atoms. The summed E-state index contributed by atoms with van der Waals surface area (Å²) in [4.78, 5) is 26.7. The summed E-state index contributed by atoms with van der Waals surface area (Å²) >= 11 is 12.6. The first kappa shape index (κ1) is 19.3. The number of halogens is 2. The van der Waals surface area contributed by atoms with Crippen molar-refractivity contribution in [1.29, 1.82) is 0 Å². The third-order valence-electron chi connectivity index (χ3n) is 6.46. The van der Waals surface area contributed by atoms with Gasteiger partial charge in [0.05, 0.1) is 5.41 Å². The van der Waals surface area contributed by atoms with Gasteiger partial charge in [0.1, 0.15) is 5.78 Å². The van der Waals surface area contributed by atoms with E-state index < -0.39 is 5.41 Å². The molecule has 5 rings (SSSR count). The van der Waals surface area contributed by atoms with Crippen molar-refractivity contribution >= 4 is 40.6 Å². The van der Waals surface area contributed by atoms with E-state index in [0.717, 1.165) is 22.4 Å². The van der Waals surface area contributed by atoms with Gasteiger partial charge >= 0.3 is 0 Å². The summed E-state index contributed by atoms with van der Waals surface area (Å²) in [5, 5.41) is 4.26. The highest BCUT2D eigenvalue weighted by molar-refractivity contribution is 6.31. The zero-order chi connectivity index (χ0) is 20.9. The molecule has 1 fully saturated rings. The predicted molar refractivity (Wildman–Crippen MR) is 119 cm³/mol. The molecule has 0 unspecified atom stereocenters. The van der Waals surface area contributed by atoms with Gasteiger partial charge in [-0.3, -0.25) is 9.59 Å². The van der Waals surface area contributed by atoms with E-state index >= 15 is 0 Å². The summed E-state index contributed by atoms with van der Waals surface area (Å²) in [6.07, 6.45) is 0.582. The molecule has 2 aliphatic rings. The zero-order valence-electron chi connectivity index (χ0n) is 16.1. The monoisotopic (exact) mass is 435 g/mol. The lowest BCUT2D eigenvalue weighted by molar-refractivity contribution is -0.128. The van der Waals surface area contributed by atoms with E-state index in [1.54, 1.807) is 12.1 Å². The fraction of sp³-hybridized carbons (Fsp3) is 0.200. The molecular weight excluding hydrogens is 417 g/mol. The number of fused-ring (bicyclic) bond motifs is 2. The molecule has 0 bridgehead atoms. The van der Waals surface area contributed by atoms with E-state index in [4.69, 9.17) is 23.2 Å². The second kappa shape index (κ2) is 7.26. The number of carbonyl (C=O) groups excluding carboxylic acids is 2. The number of anilines is 1. The van der Waals surface area contributed by atoms with Gasteiger partial charge in [-0.15, -0.1) is 0 Å². The summed E-state index contributed by atoms with van der Waals surface area (Å²) in [7, 11) is 0. The molecule has 5 heteroatoms. The Morgan fingerprint density at radius 2 is 1.33 bits per heavy atom. The molecule has 3 nitrogen and oxygen atoms in total. The molecular formula is C25H19Cl2NO2. The third-order valence-corrected chi connectivity index (χ3v) is 6.93. The van der Waals surface area contributed by atoms with Crippen LogP contribution in [0.5, 0.6) is 0 Å². The Balaban J connectivity index is 1.81. The summed E-state index contributed by atoms with van der Waals surface area (Å²) in [6, 6.07) is 22.8. The van der Waals surface area contributed by atoms with Gasteiger partial charge in [0.25, 0.3) is 0 Å². The maximum Gasteiger partial charge on any atom is 0.236 e. The highest BCUT2D eigenvalue weighted by Crippen LogP contribution is 2.60. The van der Waals surface area contributed by atoms with Crippen molar-refractivity contribution in [3.8, 4) is 0 Å². The van der Waals surface area contributed by atoms with Gasteiger partial charge in [-0.1, -0.05) is 65.7 Å². The maximum atomic E-state index is 13.8. The molecule has 3 aromatic carbocycles. The first-order valence-electron chi connectivity index (χ1n) is 9.93. The predicted octanol–water partition coefficient (Wildman–Crippen LogP) is 6.11. The summed E-state index contributed by atoms with van der Waals surface area (Å²) < 4.78 is 0. The van der Waals surface area contributed by atoms with Crippen LogP contribution in [0.4, 0.5) is 5.69 Å². The zero-order valence-corrected chi connectivity index (χ0v) is 17.6. The molecule has 30 heavy (non-hydrogen) atoms. The molecule has 1 aliphatic carbocycles. The highest BCUT2D eigenvalue weighted by atomic mass is 35.5. The van der Waals surface area contributed by atoms with Crippen molar-refractivity contribution in [3.63, 3.8) is 0 Å². The van der Waals surface area contributed by atoms with Crippen LogP contribution < -0.4 is 5.32 Å². The Kier molecular flexibility index (Phi) is 4.68. The molecule has 0 radical (unpaired) electrons. The third kappa shape index (κ3) is 2.88. The van der Waals surface area contributed by atoms with Crippen molar-refractivity contribution in [2.24, 2.45) is 0 Å². The smallest absolute Gasteiger partial charge is 0.236 e. The van der Waals surface area contributed by atoms with Gasteiger partial charge < -0.3 is 5.32 Å². The Morgan fingerprint density at radius 3 is 1.90 bits per heavy atom. The van der Waals surface area contributed by atoms with Crippen LogP contribution in [0.25, 0.3) is 0 Å². The summed E-state index contributed by atoms with van der Waals surface area (Å²) in [5.74, 6) is -0.603. The molecule has 0 saturated heterocycles. The van der Waals surface area contributed by atoms with Crippen molar-refractivity contribution in [2.75, 3.05) is 5.32 Å². The molecule has 3 aromatic rings. The Hall–Kier alpha value is -2.62. The van der Waals surface area contributed by atoms with Gasteiger partial charge in [-0.25, -0.2) is 0 Å². The number of hydrogen-bond donors (Lipinski definition) is 1. The normalized spacial score (nSPS) is 22.1. The number of hydrogen-bond acceptors (Lipinski definition) is 2. The Labute approximate surface area is 185 Å². The molecule has 1 aliphatic heterocycles. The lowest BCUT2D eigenvalue weighted by Gasteiger charge is -2.46. The van der Waals surface area contributed by atoms with E-state index in [0.29, 0.717) is 22.9 Å². The molecule has 2 atom stereocenters. The van der Waals surface area contributed by atoms with Crippen molar-refractivity contribution < 1.29 is 9.59 Å². The number of carbonyl (C=O) groups is 2. The maximum absolute atomic E-state index is 13.8. The van der Waals surface area contributed by atoms with Gasteiger partial charge in [-0.2, -0.15) is 0 Å². The van der Waals surface area contributed by atoms with Crippen LogP contribution in [-0.2, 0) is 15.0 Å². The largest absolute Gasteiger partial charge is 0.325 e. The second-order valence-corrected chi connectivity index (χ2v) is 8.90. The van der Waals surface area contributed by atoms with Crippen LogP contribution in [0, 0.1) is 0 Å². The lowest BCUT2D eigenvalue weighted by Crippen LogP contribution is -2.50. The topological polar surface area (TPSA) is 46.2 Å². The minimum Gasteiger partial charge on any atom is -0.325 e. The average molecular weight is 436 g/mol. The molecule has 1 saturated carbocycles. The standard InChI is InChI=1S/C25H19Cl2NO2/c26-17-7-3-5-15(11-17)21-13-19(29)14-22(16-6-4-8-18(27)12-16)25(21)20-9-1-2-10-23(20)28-24(25)30/h1-12,21-22H,13-14H2,(H,28,30)/t21-,22-/m0/s1. The number of Topliss-reactive ketones (excluding diaryl/α,β-unsaturated/α-hetero) is 1. The first-order chi connectivity index (χ1) is 14.5. The number of ketones is 1. The van der Waals surface area contributed by atoms with E-state index in [9.17, 15) is 9.59 Å². The SMILES string of the molecule is O=C1C[C@@H](c2cccc(Cl)c2)C2(C(=O)Nc3ccccc32)[C@H](c2cccc(Cl)c2)C1. The fourth-order valence-corrected chi connectivity index (χ4v) is 5.70. The molecule has 0 aromatic heterocycles. The average Bonchev–Trinajstić information content (AvgIpc) is 3.02. The van der Waals surface area contributed by atoms with E-state index in [-0.39, 0.29) is 23.5 Å². The number of para-hydroxylation sites is 1. The van der Waals surface area contributed by atoms with Gasteiger partial charge in [-0.05, 0) is 47.0 Å². The van der Waals surface area contributed by atoms with Crippen LogP contribution in [0.3, 0.4) is 0 Å². The van der Waals surface area contributed by atoms with Gasteiger partial charge in [0.15, 0.2) is 0 Å². The number of amides is 1. The molecule has 1 amide bonds. The van der Waals surface area contributed by atoms with Crippen LogP contribution in [-0.4, -0.2) is 11.7 Å². The van der Waals surface area contributed by atoms with Gasteiger partial charge in [0, 0.05) is 40.4 Å². The Morgan fingerprint density at radius 1 is 0.767 bits per heavy atom. The quantitative estimate of drug-likeness (QED) is 0.527. The Bertz CT molecular complexity index is 1120. The van der Waals surface area contributed by atoms with Crippen molar-refractivity contribution in [2.45, 2.75) is 30.1 Å². The second-order valence-electron chi connectivity index (χ2n) is 8.03. The van der Waals surface area contributed by atoms with E-state index in [1.165, 1.54) is 0 Å². The van der Waals surface area contributed by atoms with E-state index in [1.807, 2.05) is 60.7 Å². The first-order valence-corrected chi connectivity index (χ1v) is 10.7. The minimum atomic E-state index is -0.917. The highest BCUT2D eigenvalue weighted by Gasteiger charge is 2.60. The number of nitrogens with one attached hydrogen (secondary N) is 1. The lowest BCUT2D eigenvalue weighted by atomic mass is 9.54. The van der Waals surface area contributed by atoms with Gasteiger partial charge in [0.2, 0.25) is 5.91 Å². The van der Waals surface area contributed by atoms with Crippen molar-refractivity contribution in [3.05, 3.63) is 99.5 Å². The van der Waals surface area contributed by atoms with E-state index in [2.05, 4.69) is 5.32 Å². The van der Waals surface area contributed by atoms with Crippen molar-refractivity contribution in [1.82, 2.24) is 0 Å². The van der Waals surface area contributed by atoms with Crippen LogP contribution in [0.2, 0.25) is 10.0 Å².